The largest absolute Gasteiger partial charge is 0.460 e. The van der Waals surface area contributed by atoms with Gasteiger partial charge in [-0.15, -0.1) is 0 Å². The Morgan fingerprint density at radius 2 is 1.15 bits per heavy atom. The van der Waals surface area contributed by atoms with E-state index in [-0.39, 0.29) is 40.4 Å². The second-order valence-corrected chi connectivity index (χ2v) is 4.92. The van der Waals surface area contributed by atoms with Gasteiger partial charge in [-0.3, -0.25) is 9.59 Å². The Kier molecular flexibility index (Phi) is 7.33. The first kappa shape index (κ1) is 22.5. The topological polar surface area (TPSA) is 34.1 Å². The molecule has 0 aromatic heterocycles. The van der Waals surface area contributed by atoms with Crippen LogP contribution in [0.15, 0.2) is 0 Å². The maximum absolute atomic E-state index is 12.9. The molecule has 0 aliphatic carbocycles. The molecule has 0 bridgehead atoms. The van der Waals surface area contributed by atoms with Crippen molar-refractivity contribution in [3.8, 4) is 0 Å². The summed E-state index contributed by atoms with van der Waals surface area (Å²) in [6.45, 7) is 3.63. The summed E-state index contributed by atoms with van der Waals surface area (Å²) in [5, 5.41) is 0. The van der Waals surface area contributed by atoms with E-state index in [4.69, 9.17) is 0 Å². The summed E-state index contributed by atoms with van der Waals surface area (Å²) in [5.74, 6) is -16.4. The van der Waals surface area contributed by atoms with E-state index in [1.54, 1.807) is 0 Å². The predicted octanol–water partition coefficient (Wildman–Crippen LogP) is 3.39. The molecule has 0 fully saturated rings. The van der Waals surface area contributed by atoms with Gasteiger partial charge in [0.25, 0.3) is 0 Å². The van der Waals surface area contributed by atoms with Gasteiger partial charge in [0.2, 0.25) is 5.78 Å². The van der Waals surface area contributed by atoms with Crippen LogP contribution in [0.2, 0.25) is 0 Å². The summed E-state index contributed by atoms with van der Waals surface area (Å²) >= 11 is 0. The fourth-order valence-corrected chi connectivity index (χ4v) is 0.875. The Bertz CT molecular complexity index is 382. The SMILES string of the molecule is CC(C)(C)C(=O)CC(=O)C(F)(F)C(F)(F)C(F)(F)F.[Sm]. The third-order valence-electron chi connectivity index (χ3n) is 2.26. The summed E-state index contributed by atoms with van der Waals surface area (Å²) < 4.78 is 86.1. The van der Waals surface area contributed by atoms with Crippen LogP contribution in [0.4, 0.5) is 30.7 Å². The first-order valence-corrected chi connectivity index (χ1v) is 4.94. The molecule has 0 aromatic carbocycles. The third kappa shape index (κ3) is 4.60. The minimum absolute atomic E-state index is 0. The van der Waals surface area contributed by atoms with Gasteiger partial charge in [-0.25, -0.2) is 0 Å². The maximum atomic E-state index is 12.9. The summed E-state index contributed by atoms with van der Waals surface area (Å²) in [4.78, 5) is 22.1. The number of hydrogen-bond acceptors (Lipinski definition) is 2. The Labute approximate surface area is 142 Å². The van der Waals surface area contributed by atoms with E-state index < -0.39 is 41.4 Å². The van der Waals surface area contributed by atoms with Gasteiger partial charge < -0.3 is 0 Å². The number of carbonyl (C=O) groups excluding carboxylic acids is 2. The van der Waals surface area contributed by atoms with Crippen molar-refractivity contribution in [2.24, 2.45) is 5.41 Å². The molecule has 118 valence electrons. The van der Waals surface area contributed by atoms with Crippen molar-refractivity contribution in [2.45, 2.75) is 45.2 Å². The normalized spacial score (nSPS) is 13.7. The molecular weight excluding hydrogens is 435 g/mol. The number of Topliss-reactive ketones (excluding diaryl/α,β-unsaturated/α-hetero) is 2. The average molecular weight is 447 g/mol. The number of rotatable bonds is 4. The van der Waals surface area contributed by atoms with Gasteiger partial charge >= 0.3 is 18.0 Å². The van der Waals surface area contributed by atoms with Crippen molar-refractivity contribution in [1.29, 1.82) is 0 Å². The van der Waals surface area contributed by atoms with E-state index in [1.165, 1.54) is 20.8 Å². The van der Waals surface area contributed by atoms with Gasteiger partial charge in [0, 0.05) is 45.8 Å². The molecule has 2 nitrogen and oxygen atoms in total. The van der Waals surface area contributed by atoms with Crippen LogP contribution in [0, 0.1) is 45.8 Å². The first-order chi connectivity index (χ1) is 8.05. The summed E-state index contributed by atoms with van der Waals surface area (Å²) in [5.41, 5.74) is -1.31. The molecule has 0 saturated heterocycles. The van der Waals surface area contributed by atoms with E-state index in [1.807, 2.05) is 0 Å². The van der Waals surface area contributed by atoms with E-state index >= 15 is 0 Å². The molecule has 0 aromatic rings. The molecule has 0 unspecified atom stereocenters. The second-order valence-electron chi connectivity index (χ2n) is 4.92. The zero-order chi connectivity index (χ0) is 15.9. The van der Waals surface area contributed by atoms with Crippen LogP contribution in [-0.2, 0) is 9.59 Å². The first-order valence-electron chi connectivity index (χ1n) is 4.94. The van der Waals surface area contributed by atoms with Crippen LogP contribution >= 0.6 is 0 Å². The molecule has 0 spiro atoms. The molecule has 10 heteroatoms. The standard InChI is InChI=1S/C10H11F7O2.Sm/c1-7(2,3)5(18)4-6(19)8(11,12)9(13,14)10(15,16)17;/h4H2,1-3H3;. The van der Waals surface area contributed by atoms with Crippen molar-refractivity contribution in [1.82, 2.24) is 0 Å². The van der Waals surface area contributed by atoms with Crippen LogP contribution < -0.4 is 0 Å². The van der Waals surface area contributed by atoms with Crippen molar-refractivity contribution in [3.05, 3.63) is 0 Å². The quantitative estimate of drug-likeness (QED) is 0.490. The molecular formula is C10H11F7O2Sm. The van der Waals surface area contributed by atoms with E-state index in [0.717, 1.165) is 0 Å². The Balaban J connectivity index is 0. The number of halogens is 7. The van der Waals surface area contributed by atoms with Crippen molar-refractivity contribution in [3.63, 3.8) is 0 Å². The molecule has 0 radical (unpaired) electrons. The number of alkyl halides is 7. The van der Waals surface area contributed by atoms with Crippen LogP contribution in [0.5, 0.6) is 0 Å². The summed E-state index contributed by atoms with van der Waals surface area (Å²) in [7, 11) is 0. The molecule has 0 heterocycles. The third-order valence-corrected chi connectivity index (χ3v) is 2.26. The van der Waals surface area contributed by atoms with Crippen LogP contribution in [0.25, 0.3) is 0 Å². The Hall–Kier alpha value is 0.188. The minimum Gasteiger partial charge on any atom is -0.299 e. The molecule has 0 saturated carbocycles. The van der Waals surface area contributed by atoms with Gasteiger partial charge in [0.15, 0.2) is 0 Å². The smallest absolute Gasteiger partial charge is 0.299 e. The molecule has 20 heavy (non-hydrogen) atoms. The Morgan fingerprint density at radius 3 is 1.40 bits per heavy atom. The Morgan fingerprint density at radius 1 is 0.800 bits per heavy atom. The monoisotopic (exact) mass is 448 g/mol. The number of ketones is 2. The van der Waals surface area contributed by atoms with Gasteiger partial charge in [-0.1, -0.05) is 20.8 Å². The van der Waals surface area contributed by atoms with Crippen LogP contribution in [-0.4, -0.2) is 29.6 Å². The zero-order valence-electron chi connectivity index (χ0n) is 10.6. The molecule has 0 aliphatic heterocycles. The van der Waals surface area contributed by atoms with Crippen LogP contribution in [0.1, 0.15) is 27.2 Å². The van der Waals surface area contributed by atoms with Gasteiger partial charge in [0.1, 0.15) is 5.78 Å². The fraction of sp³-hybridized carbons (Fsp3) is 0.800. The minimum atomic E-state index is -6.59. The zero-order valence-corrected chi connectivity index (χ0v) is 13.2. The van der Waals surface area contributed by atoms with Gasteiger partial charge in [-0.2, -0.15) is 30.7 Å². The molecule has 0 aliphatic rings. The van der Waals surface area contributed by atoms with Crippen LogP contribution in [0.3, 0.4) is 0 Å². The van der Waals surface area contributed by atoms with Crippen molar-refractivity contribution < 1.29 is 80.7 Å². The molecule has 0 atom stereocenters. The van der Waals surface area contributed by atoms with Gasteiger partial charge in [0.05, 0.1) is 6.42 Å². The van der Waals surface area contributed by atoms with Gasteiger partial charge in [-0.05, 0) is 0 Å². The van der Waals surface area contributed by atoms with E-state index in [2.05, 4.69) is 0 Å². The average Bonchev–Trinajstić information content (AvgIpc) is 2.13. The van der Waals surface area contributed by atoms with E-state index in [9.17, 15) is 40.3 Å². The van der Waals surface area contributed by atoms with Crippen molar-refractivity contribution in [2.75, 3.05) is 0 Å². The summed E-state index contributed by atoms with van der Waals surface area (Å²) in [6.07, 6.45) is -8.28. The molecule has 0 rings (SSSR count). The second kappa shape index (κ2) is 6.53. The number of carbonyl (C=O) groups is 2. The molecule has 0 amide bonds. The van der Waals surface area contributed by atoms with Crippen molar-refractivity contribution >= 4 is 11.6 Å². The fourth-order valence-electron chi connectivity index (χ4n) is 0.875. The van der Waals surface area contributed by atoms with E-state index in [0.29, 0.717) is 0 Å². The molecule has 0 N–H and O–H groups in total. The predicted molar refractivity (Wildman–Crippen MR) is 50.0 cm³/mol. The number of hydrogen-bond donors (Lipinski definition) is 0. The maximum Gasteiger partial charge on any atom is 0.460 e. The summed E-state index contributed by atoms with van der Waals surface area (Å²) in [6, 6.07) is 0.